The Bertz CT molecular complexity index is 649. The molecule has 0 bridgehead atoms. The quantitative estimate of drug-likeness (QED) is 0.664. The Morgan fingerprint density at radius 3 is 2.60 bits per heavy atom. The van der Waals surface area contributed by atoms with E-state index in [2.05, 4.69) is 22.4 Å². The Hall–Kier alpha value is -1.59. The largest absolute Gasteiger partial charge is 0.352 e. The first kappa shape index (κ1) is 14.8. The second-order valence-electron chi connectivity index (χ2n) is 4.38. The number of carbonyl (C=O) groups excluding carboxylic acids is 1. The number of thioether (sulfide) groups is 1. The molecular weight excluding hydrogens is 288 g/mol. The molecule has 0 aliphatic carbocycles. The highest BCUT2D eigenvalue weighted by molar-refractivity contribution is 7.98. The smallest absolute Gasteiger partial charge is 0.254 e. The molecule has 0 saturated carbocycles. The first-order chi connectivity index (χ1) is 9.61. The number of hydrogen-bond acceptors (Lipinski definition) is 3. The summed E-state index contributed by atoms with van der Waals surface area (Å²) in [5.74, 6) is -0.159. The minimum absolute atomic E-state index is 0.0620. The fourth-order valence-electron chi connectivity index (χ4n) is 1.85. The topological polar surface area (TPSA) is 44.9 Å². The molecule has 1 aromatic carbocycles. The Morgan fingerprint density at radius 1 is 1.30 bits per heavy atom. The van der Waals surface area contributed by atoms with E-state index in [1.807, 2.05) is 25.3 Å². The fourth-order valence-corrected chi connectivity index (χ4v) is 2.49. The van der Waals surface area contributed by atoms with Gasteiger partial charge in [-0.2, -0.15) is 0 Å². The van der Waals surface area contributed by atoms with Gasteiger partial charge in [-0.25, -0.2) is 0 Å². The summed E-state index contributed by atoms with van der Waals surface area (Å²) in [6.45, 7) is 1.96. The summed E-state index contributed by atoms with van der Waals surface area (Å²) in [5, 5.41) is 2.96. The molecule has 1 aromatic heterocycles. The third-order valence-corrected chi connectivity index (χ3v) is 4.11. The Balaban J connectivity index is 2.11. The van der Waals surface area contributed by atoms with Crippen molar-refractivity contribution in [2.45, 2.75) is 17.9 Å². The van der Waals surface area contributed by atoms with Crippen molar-refractivity contribution in [2.24, 2.45) is 0 Å². The number of amides is 1. The highest BCUT2D eigenvalue weighted by atomic mass is 32.2. The number of benzene rings is 1. The molecule has 0 aliphatic heterocycles. The summed E-state index contributed by atoms with van der Waals surface area (Å²) in [4.78, 5) is 16.2. The van der Waals surface area contributed by atoms with Crippen LogP contribution in [0.1, 0.15) is 28.9 Å². The minimum Gasteiger partial charge on any atom is -0.352 e. The lowest BCUT2D eigenvalue weighted by Gasteiger charge is -2.14. The van der Waals surface area contributed by atoms with Gasteiger partial charge in [0.15, 0.2) is 0 Å². The van der Waals surface area contributed by atoms with Crippen molar-refractivity contribution >= 4 is 29.9 Å². The maximum Gasteiger partial charge on any atom is 0.254 e. The van der Waals surface area contributed by atoms with Gasteiger partial charge in [-0.1, -0.05) is 24.4 Å². The van der Waals surface area contributed by atoms with E-state index in [1.54, 1.807) is 30.1 Å². The van der Waals surface area contributed by atoms with Crippen LogP contribution in [0.15, 0.2) is 47.5 Å². The van der Waals surface area contributed by atoms with Gasteiger partial charge in [-0.3, -0.25) is 4.79 Å². The third-order valence-electron chi connectivity index (χ3n) is 3.03. The van der Waals surface area contributed by atoms with E-state index in [4.69, 9.17) is 12.2 Å². The van der Waals surface area contributed by atoms with Gasteiger partial charge in [0.05, 0.1) is 11.6 Å². The molecule has 104 valence electrons. The molecule has 0 fully saturated rings. The molecule has 5 heteroatoms. The van der Waals surface area contributed by atoms with E-state index in [0.29, 0.717) is 10.2 Å². The van der Waals surface area contributed by atoms with Crippen LogP contribution in [-0.4, -0.2) is 17.1 Å². The van der Waals surface area contributed by atoms with Gasteiger partial charge in [-0.05, 0) is 43.0 Å². The zero-order valence-electron chi connectivity index (χ0n) is 11.3. The molecule has 2 rings (SSSR count). The van der Waals surface area contributed by atoms with Crippen LogP contribution in [0.25, 0.3) is 0 Å². The normalized spacial score (nSPS) is 11.9. The summed E-state index contributed by atoms with van der Waals surface area (Å²) >= 11 is 6.81. The zero-order valence-corrected chi connectivity index (χ0v) is 13.0. The van der Waals surface area contributed by atoms with Crippen LogP contribution in [0.2, 0.25) is 0 Å². The first-order valence-corrected chi connectivity index (χ1v) is 7.87. The van der Waals surface area contributed by atoms with Crippen molar-refractivity contribution in [2.75, 3.05) is 6.26 Å². The molecule has 2 aromatic rings. The van der Waals surface area contributed by atoms with Crippen LogP contribution < -0.4 is 5.32 Å². The van der Waals surface area contributed by atoms with Gasteiger partial charge in [-0.15, -0.1) is 11.8 Å². The van der Waals surface area contributed by atoms with Gasteiger partial charge in [0, 0.05) is 11.1 Å². The second kappa shape index (κ2) is 6.72. The number of rotatable bonds is 4. The average Bonchev–Trinajstić information content (AvgIpc) is 2.47. The third kappa shape index (κ3) is 3.49. The molecule has 3 nitrogen and oxygen atoms in total. The Labute approximate surface area is 127 Å². The Morgan fingerprint density at radius 2 is 2.00 bits per heavy atom. The SMILES string of the molecule is CSc1ccc([C@@H](C)NC(=O)c2ccc[nH]c2=S)cc1. The minimum atomic E-state index is -0.159. The number of H-pyrrole nitrogens is 1. The highest BCUT2D eigenvalue weighted by Gasteiger charge is 2.12. The van der Waals surface area contributed by atoms with E-state index in [1.165, 1.54) is 4.90 Å². The van der Waals surface area contributed by atoms with Crippen molar-refractivity contribution < 1.29 is 4.79 Å². The number of hydrogen-bond donors (Lipinski definition) is 2. The lowest BCUT2D eigenvalue weighted by atomic mass is 10.1. The maximum atomic E-state index is 12.2. The van der Waals surface area contributed by atoms with E-state index >= 15 is 0 Å². The average molecular weight is 304 g/mol. The molecule has 0 radical (unpaired) electrons. The first-order valence-electron chi connectivity index (χ1n) is 6.24. The van der Waals surface area contributed by atoms with Crippen molar-refractivity contribution in [3.8, 4) is 0 Å². The van der Waals surface area contributed by atoms with Crippen molar-refractivity contribution in [1.82, 2.24) is 10.3 Å². The predicted molar refractivity (Wildman–Crippen MR) is 85.7 cm³/mol. The summed E-state index contributed by atoms with van der Waals surface area (Å²) in [6.07, 6.45) is 3.75. The summed E-state index contributed by atoms with van der Waals surface area (Å²) in [6, 6.07) is 11.6. The number of aromatic nitrogens is 1. The van der Waals surface area contributed by atoms with Crippen LogP contribution in [0, 0.1) is 4.64 Å². The Kier molecular flexibility index (Phi) is 4.98. The summed E-state index contributed by atoms with van der Waals surface area (Å²) < 4.78 is 0.454. The monoisotopic (exact) mass is 304 g/mol. The molecule has 20 heavy (non-hydrogen) atoms. The van der Waals surface area contributed by atoms with Gasteiger partial charge in [0.25, 0.3) is 5.91 Å². The summed E-state index contributed by atoms with van der Waals surface area (Å²) in [5.41, 5.74) is 1.57. The van der Waals surface area contributed by atoms with E-state index in [9.17, 15) is 4.79 Å². The van der Waals surface area contributed by atoms with Crippen molar-refractivity contribution in [3.05, 3.63) is 58.4 Å². The highest BCUT2D eigenvalue weighted by Crippen LogP contribution is 2.19. The fraction of sp³-hybridized carbons (Fsp3) is 0.200. The molecule has 0 aliphatic rings. The molecule has 1 heterocycles. The van der Waals surface area contributed by atoms with Gasteiger partial charge >= 0.3 is 0 Å². The van der Waals surface area contributed by atoms with Crippen molar-refractivity contribution in [1.29, 1.82) is 0 Å². The molecule has 0 unspecified atom stereocenters. The molecule has 0 saturated heterocycles. The van der Waals surface area contributed by atoms with Gasteiger partial charge in [0.2, 0.25) is 0 Å². The number of pyridine rings is 1. The lowest BCUT2D eigenvalue weighted by molar-refractivity contribution is 0.0939. The lowest BCUT2D eigenvalue weighted by Crippen LogP contribution is -2.27. The van der Waals surface area contributed by atoms with E-state index in [-0.39, 0.29) is 11.9 Å². The van der Waals surface area contributed by atoms with Crippen LogP contribution >= 0.6 is 24.0 Å². The number of aromatic amines is 1. The molecule has 2 N–H and O–H groups in total. The standard InChI is InChI=1S/C15H16N2OS2/c1-10(11-5-7-12(20-2)8-6-11)17-14(18)13-4-3-9-16-15(13)19/h3-10H,1-2H3,(H,16,19)(H,17,18)/t10-/m1/s1. The molecule has 0 spiro atoms. The molecule has 1 amide bonds. The predicted octanol–water partition coefficient (Wildman–Crippen LogP) is 3.96. The summed E-state index contributed by atoms with van der Waals surface area (Å²) in [7, 11) is 0. The number of nitrogens with one attached hydrogen (secondary N) is 2. The van der Waals surface area contributed by atoms with Crippen LogP contribution in [0.5, 0.6) is 0 Å². The van der Waals surface area contributed by atoms with Gasteiger partial charge < -0.3 is 10.3 Å². The van der Waals surface area contributed by atoms with Crippen LogP contribution in [-0.2, 0) is 0 Å². The number of carbonyl (C=O) groups is 1. The molecule has 1 atom stereocenters. The second-order valence-corrected chi connectivity index (χ2v) is 5.67. The van der Waals surface area contributed by atoms with Crippen LogP contribution in [0.3, 0.4) is 0 Å². The van der Waals surface area contributed by atoms with E-state index in [0.717, 1.165) is 5.56 Å². The molecular formula is C15H16N2OS2. The van der Waals surface area contributed by atoms with Crippen molar-refractivity contribution in [3.63, 3.8) is 0 Å². The van der Waals surface area contributed by atoms with Crippen LogP contribution in [0.4, 0.5) is 0 Å². The maximum absolute atomic E-state index is 12.2. The van der Waals surface area contributed by atoms with E-state index < -0.39 is 0 Å². The zero-order chi connectivity index (χ0) is 14.5. The van der Waals surface area contributed by atoms with Gasteiger partial charge in [0.1, 0.15) is 4.64 Å².